The Balaban J connectivity index is 2.17. The van der Waals surface area contributed by atoms with Crippen LogP contribution < -0.4 is 20.1 Å². The average Bonchev–Trinajstić information content (AvgIpc) is 2.93. The number of carbonyl (C=O) groups is 1. The molecule has 1 aliphatic rings. The predicted molar refractivity (Wildman–Crippen MR) is 74.5 cm³/mol. The maximum atomic E-state index is 12.4. The predicted octanol–water partition coefficient (Wildman–Crippen LogP) is 0.420. The molecule has 0 aliphatic carbocycles. The fraction of sp³-hybridized carbons (Fsp3) is 0.500. The summed E-state index contributed by atoms with van der Waals surface area (Å²) in [6.07, 6.45) is -0.0180. The van der Waals surface area contributed by atoms with Crippen LogP contribution in [0.5, 0.6) is 11.5 Å². The number of hydrogen-bond donors (Lipinski definition) is 2. The van der Waals surface area contributed by atoms with Crippen molar-refractivity contribution < 1.29 is 19.0 Å². The van der Waals surface area contributed by atoms with Gasteiger partial charge in [-0.2, -0.15) is 0 Å². The summed E-state index contributed by atoms with van der Waals surface area (Å²) in [6, 6.07) is 5.17. The van der Waals surface area contributed by atoms with E-state index in [4.69, 9.17) is 14.2 Å². The second-order valence-corrected chi connectivity index (χ2v) is 4.55. The van der Waals surface area contributed by atoms with Gasteiger partial charge < -0.3 is 24.8 Å². The van der Waals surface area contributed by atoms with Crippen LogP contribution in [0.25, 0.3) is 0 Å². The van der Waals surface area contributed by atoms with E-state index in [0.717, 1.165) is 6.54 Å². The van der Waals surface area contributed by atoms with Gasteiger partial charge in [0, 0.05) is 20.2 Å². The molecule has 1 aliphatic heterocycles. The Morgan fingerprint density at radius 2 is 2.05 bits per heavy atom. The third-order valence-electron chi connectivity index (χ3n) is 3.43. The Morgan fingerprint density at radius 3 is 2.70 bits per heavy atom. The number of benzene rings is 1. The van der Waals surface area contributed by atoms with Gasteiger partial charge in [-0.3, -0.25) is 4.79 Å². The van der Waals surface area contributed by atoms with E-state index in [9.17, 15) is 4.79 Å². The van der Waals surface area contributed by atoms with Crippen LogP contribution in [0.15, 0.2) is 18.2 Å². The number of nitrogens with one attached hydrogen (secondary N) is 2. The number of rotatable bonds is 5. The van der Waals surface area contributed by atoms with Gasteiger partial charge in [-0.15, -0.1) is 0 Å². The summed E-state index contributed by atoms with van der Waals surface area (Å²) in [6.45, 7) is 1.42. The third-order valence-corrected chi connectivity index (χ3v) is 3.43. The topological polar surface area (TPSA) is 68.8 Å². The van der Waals surface area contributed by atoms with Crippen molar-refractivity contribution in [2.24, 2.45) is 0 Å². The van der Waals surface area contributed by atoms with Crippen LogP contribution in [-0.2, 0) is 4.74 Å². The zero-order valence-electron chi connectivity index (χ0n) is 11.9. The molecule has 0 spiro atoms. The van der Waals surface area contributed by atoms with Gasteiger partial charge in [0.05, 0.1) is 31.9 Å². The van der Waals surface area contributed by atoms with Gasteiger partial charge in [-0.1, -0.05) is 6.07 Å². The van der Waals surface area contributed by atoms with Crippen LogP contribution in [0, 0.1) is 0 Å². The molecule has 1 aromatic carbocycles. The number of hydrogen-bond acceptors (Lipinski definition) is 5. The average molecular weight is 280 g/mol. The van der Waals surface area contributed by atoms with Crippen molar-refractivity contribution in [1.29, 1.82) is 0 Å². The number of amides is 1. The Kier molecular flexibility index (Phi) is 4.81. The molecule has 6 heteroatoms. The minimum absolute atomic E-state index is 0.0180. The number of carbonyl (C=O) groups excluding carboxylic acids is 1. The zero-order valence-corrected chi connectivity index (χ0v) is 11.9. The maximum Gasteiger partial charge on any atom is 0.255 e. The maximum absolute atomic E-state index is 12.4. The summed E-state index contributed by atoms with van der Waals surface area (Å²) in [7, 11) is 4.70. The van der Waals surface area contributed by atoms with E-state index < -0.39 is 0 Å². The SMILES string of the molecule is COc1cccc(C(=O)NC2CNC[C@@H]2OC)c1OC. The first kappa shape index (κ1) is 14.6. The van der Waals surface area contributed by atoms with Crippen LogP contribution in [0.1, 0.15) is 10.4 Å². The van der Waals surface area contributed by atoms with Gasteiger partial charge >= 0.3 is 0 Å². The standard InChI is InChI=1S/C14H20N2O4/c1-18-11-6-4-5-9(13(11)20-3)14(17)16-10-7-15-8-12(10)19-2/h4-6,10,12,15H,7-8H2,1-3H3,(H,16,17)/t10?,12-/m0/s1. The summed E-state index contributed by atoms with van der Waals surface area (Å²) in [5.41, 5.74) is 0.452. The van der Waals surface area contributed by atoms with Crippen molar-refractivity contribution in [1.82, 2.24) is 10.6 Å². The van der Waals surface area contributed by atoms with Gasteiger partial charge in [0.15, 0.2) is 11.5 Å². The highest BCUT2D eigenvalue weighted by Gasteiger charge is 2.29. The van der Waals surface area contributed by atoms with E-state index >= 15 is 0 Å². The van der Waals surface area contributed by atoms with Crippen molar-refractivity contribution in [3.63, 3.8) is 0 Å². The van der Waals surface area contributed by atoms with Gasteiger partial charge in [0.25, 0.3) is 5.91 Å². The molecule has 1 heterocycles. The minimum Gasteiger partial charge on any atom is -0.493 e. The van der Waals surface area contributed by atoms with E-state index in [0.29, 0.717) is 23.6 Å². The van der Waals surface area contributed by atoms with Crippen molar-refractivity contribution in [3.8, 4) is 11.5 Å². The monoisotopic (exact) mass is 280 g/mol. The molecule has 2 N–H and O–H groups in total. The fourth-order valence-corrected chi connectivity index (χ4v) is 2.36. The molecule has 1 fully saturated rings. The number of methoxy groups -OCH3 is 3. The summed E-state index contributed by atoms with van der Waals surface area (Å²) >= 11 is 0. The molecule has 0 aromatic heterocycles. The summed E-state index contributed by atoms with van der Waals surface area (Å²) < 4.78 is 15.8. The molecule has 1 unspecified atom stereocenters. The Bertz CT molecular complexity index is 478. The largest absolute Gasteiger partial charge is 0.493 e. The summed E-state index contributed by atoms with van der Waals surface area (Å²) in [4.78, 5) is 12.4. The second kappa shape index (κ2) is 6.58. The Labute approximate surface area is 118 Å². The minimum atomic E-state index is -0.198. The van der Waals surface area contributed by atoms with Crippen LogP contribution in [0.2, 0.25) is 0 Å². The Hall–Kier alpha value is -1.79. The molecule has 1 amide bonds. The van der Waals surface area contributed by atoms with Gasteiger partial charge in [0.2, 0.25) is 0 Å². The number of ether oxygens (including phenoxy) is 3. The highest BCUT2D eigenvalue weighted by atomic mass is 16.5. The van der Waals surface area contributed by atoms with Crippen molar-refractivity contribution in [3.05, 3.63) is 23.8 Å². The molecular formula is C14H20N2O4. The third kappa shape index (κ3) is 2.86. The van der Waals surface area contributed by atoms with E-state index in [1.54, 1.807) is 32.4 Å². The lowest BCUT2D eigenvalue weighted by molar-refractivity contribution is 0.0777. The molecule has 1 saturated heterocycles. The molecule has 1 aromatic rings. The first-order valence-electron chi connectivity index (χ1n) is 6.46. The quantitative estimate of drug-likeness (QED) is 0.818. The number of para-hydroxylation sites is 1. The molecule has 20 heavy (non-hydrogen) atoms. The van der Waals surface area contributed by atoms with Gasteiger partial charge in [-0.05, 0) is 12.1 Å². The van der Waals surface area contributed by atoms with Crippen molar-refractivity contribution >= 4 is 5.91 Å². The highest BCUT2D eigenvalue weighted by Crippen LogP contribution is 2.30. The van der Waals surface area contributed by atoms with Crippen LogP contribution in [0.4, 0.5) is 0 Å². The fourth-order valence-electron chi connectivity index (χ4n) is 2.36. The van der Waals surface area contributed by atoms with Crippen LogP contribution in [0.3, 0.4) is 0 Å². The molecule has 0 saturated carbocycles. The highest BCUT2D eigenvalue weighted by molar-refractivity contribution is 5.98. The molecule has 2 rings (SSSR count). The lowest BCUT2D eigenvalue weighted by Crippen LogP contribution is -2.43. The zero-order chi connectivity index (χ0) is 14.5. The molecule has 0 bridgehead atoms. The first-order chi connectivity index (χ1) is 9.71. The van der Waals surface area contributed by atoms with Crippen LogP contribution in [-0.4, -0.2) is 52.5 Å². The molecule has 6 nitrogen and oxygen atoms in total. The van der Waals surface area contributed by atoms with E-state index in [1.165, 1.54) is 7.11 Å². The smallest absolute Gasteiger partial charge is 0.255 e. The summed E-state index contributed by atoms with van der Waals surface area (Å²) in [5.74, 6) is 0.775. The lowest BCUT2D eigenvalue weighted by Gasteiger charge is -2.19. The van der Waals surface area contributed by atoms with E-state index in [2.05, 4.69) is 10.6 Å². The van der Waals surface area contributed by atoms with Crippen LogP contribution >= 0.6 is 0 Å². The molecular weight excluding hydrogens is 260 g/mol. The molecule has 110 valence electrons. The Morgan fingerprint density at radius 1 is 1.25 bits per heavy atom. The van der Waals surface area contributed by atoms with Crippen molar-refractivity contribution in [2.45, 2.75) is 12.1 Å². The van der Waals surface area contributed by atoms with Gasteiger partial charge in [0.1, 0.15) is 0 Å². The molecule has 0 radical (unpaired) electrons. The molecule has 2 atom stereocenters. The normalized spacial score (nSPS) is 21.6. The summed E-state index contributed by atoms with van der Waals surface area (Å²) in [5, 5.41) is 6.15. The van der Waals surface area contributed by atoms with E-state index in [1.807, 2.05) is 0 Å². The van der Waals surface area contributed by atoms with E-state index in [-0.39, 0.29) is 18.1 Å². The van der Waals surface area contributed by atoms with Crippen molar-refractivity contribution in [2.75, 3.05) is 34.4 Å². The lowest BCUT2D eigenvalue weighted by atomic mass is 10.1. The second-order valence-electron chi connectivity index (χ2n) is 4.55. The van der Waals surface area contributed by atoms with Gasteiger partial charge in [-0.25, -0.2) is 0 Å². The first-order valence-corrected chi connectivity index (χ1v) is 6.46.